The van der Waals surface area contributed by atoms with Crippen molar-refractivity contribution in [2.45, 2.75) is 39.5 Å². The predicted octanol–water partition coefficient (Wildman–Crippen LogP) is 1.05. The summed E-state index contributed by atoms with van der Waals surface area (Å²) in [6.45, 7) is 7.79. The van der Waals surface area contributed by atoms with Crippen molar-refractivity contribution < 1.29 is 18.8 Å². The van der Waals surface area contributed by atoms with E-state index in [4.69, 9.17) is 14.0 Å². The minimum Gasteiger partial charge on any atom is -0.467 e. The smallest absolute Gasteiger partial charge is 0.336 e. The molecular formula is C13H20N2O4. The summed E-state index contributed by atoms with van der Waals surface area (Å²) in [5.74, 6) is 0.501. The lowest BCUT2D eigenvalue weighted by Crippen LogP contribution is -2.49. The third-order valence-corrected chi connectivity index (χ3v) is 3.36. The topological polar surface area (TPSA) is 64.8 Å². The highest BCUT2D eigenvalue weighted by Gasteiger charge is 2.31. The number of aryl methyl sites for hydroxylation is 2. The highest BCUT2D eigenvalue weighted by atomic mass is 16.6. The number of rotatable bonds is 3. The van der Waals surface area contributed by atoms with Gasteiger partial charge in [-0.1, -0.05) is 5.16 Å². The van der Waals surface area contributed by atoms with Gasteiger partial charge >= 0.3 is 5.97 Å². The Morgan fingerprint density at radius 1 is 1.47 bits per heavy atom. The molecule has 1 saturated heterocycles. The molecule has 0 saturated carbocycles. The van der Waals surface area contributed by atoms with Crippen LogP contribution in [0.4, 0.5) is 0 Å². The summed E-state index contributed by atoms with van der Waals surface area (Å²) >= 11 is 0. The maximum atomic E-state index is 11.6. The lowest BCUT2D eigenvalue weighted by atomic mass is 10.1. The molecule has 19 heavy (non-hydrogen) atoms. The molecule has 0 unspecified atom stereocenters. The van der Waals surface area contributed by atoms with Crippen LogP contribution < -0.4 is 0 Å². The molecule has 0 N–H and O–H groups in total. The van der Waals surface area contributed by atoms with Crippen LogP contribution in [0.15, 0.2) is 4.52 Å². The van der Waals surface area contributed by atoms with Crippen molar-refractivity contribution in [2.75, 3.05) is 20.2 Å². The Kier molecular flexibility index (Phi) is 4.21. The van der Waals surface area contributed by atoms with Crippen LogP contribution in [-0.4, -0.2) is 48.4 Å². The monoisotopic (exact) mass is 268 g/mol. The Hall–Kier alpha value is -1.40. The summed E-state index contributed by atoms with van der Waals surface area (Å²) < 4.78 is 15.5. The third-order valence-electron chi connectivity index (χ3n) is 3.36. The van der Waals surface area contributed by atoms with Gasteiger partial charge in [-0.15, -0.1) is 0 Å². The molecule has 1 aromatic heterocycles. The van der Waals surface area contributed by atoms with Crippen LogP contribution in [0.5, 0.6) is 0 Å². The van der Waals surface area contributed by atoms with Crippen LogP contribution in [0.25, 0.3) is 0 Å². The van der Waals surface area contributed by atoms with Gasteiger partial charge in [-0.25, -0.2) is 4.79 Å². The molecule has 0 radical (unpaired) electrons. The number of esters is 1. The van der Waals surface area contributed by atoms with Crippen LogP contribution in [0.3, 0.4) is 0 Å². The molecule has 6 nitrogen and oxygen atoms in total. The van der Waals surface area contributed by atoms with Gasteiger partial charge in [0.05, 0.1) is 18.9 Å². The molecule has 1 aliphatic rings. The second-order valence-corrected chi connectivity index (χ2v) is 4.96. The fraction of sp³-hybridized carbons (Fsp3) is 0.692. The molecule has 1 fully saturated rings. The van der Waals surface area contributed by atoms with Crippen molar-refractivity contribution in [3.05, 3.63) is 17.0 Å². The maximum absolute atomic E-state index is 11.6. The van der Waals surface area contributed by atoms with Crippen LogP contribution in [-0.2, 0) is 20.8 Å². The molecule has 0 aromatic carbocycles. The van der Waals surface area contributed by atoms with E-state index < -0.39 is 6.10 Å². The van der Waals surface area contributed by atoms with Crippen LogP contribution in [0.2, 0.25) is 0 Å². The Labute approximate surface area is 112 Å². The molecule has 2 heterocycles. The Morgan fingerprint density at radius 3 is 2.79 bits per heavy atom. The first kappa shape index (κ1) is 14.0. The average Bonchev–Trinajstić information content (AvgIpc) is 2.69. The van der Waals surface area contributed by atoms with Crippen molar-refractivity contribution in [3.63, 3.8) is 0 Å². The van der Waals surface area contributed by atoms with E-state index >= 15 is 0 Å². The van der Waals surface area contributed by atoms with Gasteiger partial charge in [0.2, 0.25) is 0 Å². The van der Waals surface area contributed by atoms with Crippen LogP contribution in [0.1, 0.15) is 23.9 Å². The highest BCUT2D eigenvalue weighted by molar-refractivity contribution is 5.74. The number of methoxy groups -OCH3 is 1. The Balaban J connectivity index is 2.06. The molecule has 0 bridgehead atoms. The second-order valence-electron chi connectivity index (χ2n) is 4.96. The van der Waals surface area contributed by atoms with Gasteiger partial charge in [0.15, 0.2) is 6.10 Å². The average molecular weight is 268 g/mol. The summed E-state index contributed by atoms with van der Waals surface area (Å²) in [4.78, 5) is 13.8. The zero-order chi connectivity index (χ0) is 14.0. The molecule has 1 aliphatic heterocycles. The standard InChI is InChI=1S/C13H20N2O4/c1-8-5-15(7-12(18-8)13(16)17-4)6-11-9(2)14-19-10(11)3/h8,12H,5-7H2,1-4H3/t8-,12+/m1/s1. The first-order chi connectivity index (χ1) is 9.01. The first-order valence-electron chi connectivity index (χ1n) is 6.38. The van der Waals surface area contributed by atoms with E-state index in [2.05, 4.69) is 10.1 Å². The van der Waals surface area contributed by atoms with Crippen molar-refractivity contribution in [3.8, 4) is 0 Å². The van der Waals surface area contributed by atoms with Gasteiger partial charge in [-0.05, 0) is 20.8 Å². The number of nitrogens with zero attached hydrogens (tertiary/aromatic N) is 2. The van der Waals surface area contributed by atoms with Crippen LogP contribution >= 0.6 is 0 Å². The van der Waals surface area contributed by atoms with Gasteiger partial charge < -0.3 is 14.0 Å². The Morgan fingerprint density at radius 2 is 2.21 bits per heavy atom. The summed E-state index contributed by atoms with van der Waals surface area (Å²) in [7, 11) is 1.38. The molecule has 1 aromatic rings. The van der Waals surface area contributed by atoms with Crippen molar-refractivity contribution >= 4 is 5.97 Å². The van der Waals surface area contributed by atoms with E-state index in [9.17, 15) is 4.79 Å². The van der Waals surface area contributed by atoms with Gasteiger partial charge in [0.25, 0.3) is 0 Å². The lowest BCUT2D eigenvalue weighted by molar-refractivity contribution is -0.166. The van der Waals surface area contributed by atoms with Crippen molar-refractivity contribution in [2.24, 2.45) is 0 Å². The minimum atomic E-state index is -0.519. The van der Waals surface area contributed by atoms with Gasteiger partial charge in [0.1, 0.15) is 5.76 Å². The van der Waals surface area contributed by atoms with E-state index in [1.165, 1.54) is 7.11 Å². The van der Waals surface area contributed by atoms with Gasteiger partial charge in [0, 0.05) is 25.2 Å². The summed E-state index contributed by atoms with van der Waals surface area (Å²) in [5, 5.41) is 3.95. The number of hydrogen-bond acceptors (Lipinski definition) is 6. The minimum absolute atomic E-state index is 0.00155. The molecule has 2 atom stereocenters. The number of aromatic nitrogens is 1. The summed E-state index contributed by atoms with van der Waals surface area (Å²) in [5.41, 5.74) is 1.98. The quantitative estimate of drug-likeness (QED) is 0.764. The lowest BCUT2D eigenvalue weighted by Gasteiger charge is -2.35. The van der Waals surface area contributed by atoms with E-state index in [0.29, 0.717) is 13.1 Å². The largest absolute Gasteiger partial charge is 0.467 e. The molecule has 0 aliphatic carbocycles. The fourth-order valence-corrected chi connectivity index (χ4v) is 2.38. The summed E-state index contributed by atoms with van der Waals surface area (Å²) in [6, 6.07) is 0. The zero-order valence-corrected chi connectivity index (χ0v) is 11.8. The van der Waals surface area contributed by atoms with Crippen LogP contribution in [0, 0.1) is 13.8 Å². The van der Waals surface area contributed by atoms with E-state index in [0.717, 1.165) is 23.6 Å². The second kappa shape index (κ2) is 5.71. The fourth-order valence-electron chi connectivity index (χ4n) is 2.38. The van der Waals surface area contributed by atoms with E-state index in [1.807, 2.05) is 20.8 Å². The maximum Gasteiger partial charge on any atom is 0.336 e. The molecule has 0 spiro atoms. The van der Waals surface area contributed by atoms with E-state index in [1.54, 1.807) is 0 Å². The first-order valence-corrected chi connectivity index (χ1v) is 6.38. The summed E-state index contributed by atoms with van der Waals surface area (Å²) in [6.07, 6.45) is -0.521. The SMILES string of the molecule is COC(=O)[C@@H]1CN(Cc2c(C)noc2C)C[C@@H](C)O1. The Bertz CT molecular complexity index is 438. The normalized spacial score (nSPS) is 24.4. The highest BCUT2D eigenvalue weighted by Crippen LogP contribution is 2.19. The number of carbonyl (C=O) groups excluding carboxylic acids is 1. The van der Waals surface area contributed by atoms with Gasteiger partial charge in [-0.3, -0.25) is 4.90 Å². The van der Waals surface area contributed by atoms with Crippen molar-refractivity contribution in [1.29, 1.82) is 0 Å². The number of carbonyl (C=O) groups is 1. The molecule has 2 rings (SSSR count). The molecule has 6 heteroatoms. The number of hydrogen-bond donors (Lipinski definition) is 0. The van der Waals surface area contributed by atoms with Gasteiger partial charge in [-0.2, -0.15) is 0 Å². The molecular weight excluding hydrogens is 248 g/mol. The van der Waals surface area contributed by atoms with E-state index in [-0.39, 0.29) is 12.1 Å². The van der Waals surface area contributed by atoms with Crippen molar-refractivity contribution in [1.82, 2.24) is 10.1 Å². The number of ether oxygens (including phenoxy) is 2. The zero-order valence-electron chi connectivity index (χ0n) is 11.8. The predicted molar refractivity (Wildman–Crippen MR) is 67.6 cm³/mol. The molecule has 0 amide bonds. The third kappa shape index (κ3) is 3.13. The molecule has 106 valence electrons. The number of morpholine rings is 1.